The predicted octanol–water partition coefficient (Wildman–Crippen LogP) is 2.64. The average Bonchev–Trinajstić information content (AvgIpc) is 3.30. The van der Waals surface area contributed by atoms with E-state index in [1.54, 1.807) is 35.7 Å². The molecule has 0 bridgehead atoms. The number of benzene rings is 2. The van der Waals surface area contributed by atoms with Crippen LogP contribution in [0.5, 0.6) is 11.5 Å². The summed E-state index contributed by atoms with van der Waals surface area (Å²) in [5, 5.41) is 36.2. The maximum Gasteiger partial charge on any atom is 0.488 e. The van der Waals surface area contributed by atoms with Crippen molar-refractivity contribution in [2.24, 2.45) is 0 Å². The van der Waals surface area contributed by atoms with Crippen LogP contribution in [0.2, 0.25) is 0 Å². The fourth-order valence-electron chi connectivity index (χ4n) is 2.18. The van der Waals surface area contributed by atoms with Crippen LogP contribution in [0.25, 0.3) is 10.6 Å². The van der Waals surface area contributed by atoms with E-state index in [0.29, 0.717) is 5.46 Å². The summed E-state index contributed by atoms with van der Waals surface area (Å²) in [6, 6.07) is 13.0. The normalized spacial score (nSPS) is 9.73. The zero-order valence-corrected chi connectivity index (χ0v) is 17.9. The summed E-state index contributed by atoms with van der Waals surface area (Å²) in [5.41, 5.74) is 1.26. The van der Waals surface area contributed by atoms with Gasteiger partial charge in [-0.05, 0) is 43.6 Å². The van der Waals surface area contributed by atoms with Crippen LogP contribution in [0.3, 0.4) is 0 Å². The smallest absolute Gasteiger partial charge is 0.488 e. The largest absolute Gasteiger partial charge is 0.508 e. The van der Waals surface area contributed by atoms with Crippen LogP contribution in [-0.4, -0.2) is 37.3 Å². The lowest BCUT2D eigenvalue weighted by atomic mass is 9.80. The first-order valence-corrected chi connectivity index (χ1v) is 10.4. The van der Waals surface area contributed by atoms with Crippen molar-refractivity contribution in [3.05, 3.63) is 80.3 Å². The molecular weight excluding hydrogens is 423 g/mol. The van der Waals surface area contributed by atoms with E-state index in [1.165, 1.54) is 34.4 Å². The minimum Gasteiger partial charge on any atom is -0.508 e. The Morgan fingerprint density at radius 3 is 2.00 bits per heavy atom. The number of aromatic amines is 1. The van der Waals surface area contributed by atoms with E-state index in [9.17, 15) is 9.90 Å². The monoisotopic (exact) mass is 444 g/mol. The molecule has 0 saturated carbocycles. The third-order valence-corrected chi connectivity index (χ3v) is 5.23. The molecule has 30 heavy (non-hydrogen) atoms. The zero-order chi connectivity index (χ0) is 22.1. The summed E-state index contributed by atoms with van der Waals surface area (Å²) in [4.78, 5) is 19.3. The third kappa shape index (κ3) is 7.84. The van der Waals surface area contributed by atoms with Crippen LogP contribution in [0.1, 0.15) is 9.75 Å². The second-order valence-electron chi connectivity index (χ2n) is 6.08. The minimum absolute atomic E-state index is 0.0255. The summed E-state index contributed by atoms with van der Waals surface area (Å²) in [6.07, 6.45) is 3.54. The Morgan fingerprint density at radius 2 is 1.60 bits per heavy atom. The van der Waals surface area contributed by atoms with Crippen LogP contribution >= 0.6 is 22.7 Å². The number of aryl methyl sites for hydroxylation is 2. The van der Waals surface area contributed by atoms with Crippen LogP contribution in [0.4, 0.5) is 0 Å². The van der Waals surface area contributed by atoms with Crippen molar-refractivity contribution in [1.29, 1.82) is 0 Å². The van der Waals surface area contributed by atoms with Gasteiger partial charge in [0.25, 0.3) is 0 Å². The number of hydrogen-bond donors (Lipinski definition) is 5. The van der Waals surface area contributed by atoms with Crippen molar-refractivity contribution in [2.45, 2.75) is 13.8 Å². The summed E-state index contributed by atoms with van der Waals surface area (Å²) >= 11 is 2.86. The van der Waals surface area contributed by atoms with E-state index in [-0.39, 0.29) is 16.4 Å². The van der Waals surface area contributed by atoms with Gasteiger partial charge in [0, 0.05) is 27.7 Å². The molecule has 2 heterocycles. The third-order valence-electron chi connectivity index (χ3n) is 3.53. The molecule has 0 radical (unpaired) electrons. The van der Waals surface area contributed by atoms with Gasteiger partial charge in [0.15, 0.2) is 0 Å². The number of rotatable bonds is 2. The molecule has 10 heteroatoms. The Morgan fingerprint density at radius 1 is 0.933 bits per heavy atom. The molecule has 7 nitrogen and oxygen atoms in total. The lowest BCUT2D eigenvalue weighted by Crippen LogP contribution is -2.29. The van der Waals surface area contributed by atoms with Crippen molar-refractivity contribution in [3.63, 3.8) is 0 Å². The van der Waals surface area contributed by atoms with Crippen LogP contribution in [0, 0.1) is 13.8 Å². The maximum atomic E-state index is 10.3. The molecule has 156 valence electrons. The second-order valence-corrected chi connectivity index (χ2v) is 8.54. The number of hydrogen-bond acceptors (Lipinski definition) is 8. The molecule has 0 amide bonds. The van der Waals surface area contributed by atoms with E-state index < -0.39 is 7.12 Å². The Labute approximate surface area is 181 Å². The Bertz CT molecular complexity index is 1120. The fourth-order valence-corrected chi connectivity index (χ4v) is 3.47. The van der Waals surface area contributed by atoms with Gasteiger partial charge in [-0.2, -0.15) is 0 Å². The SMILES string of the molecule is Cc1c[nH]c(=O)s1.Cc1cnc(-c2cccc(O)c2)s1.OB(O)c1cccc(O)c1. The van der Waals surface area contributed by atoms with E-state index in [0.717, 1.165) is 15.4 Å². The number of phenolic OH excluding ortho intramolecular Hbond substituents is 2. The summed E-state index contributed by atoms with van der Waals surface area (Å²) in [5.74, 6) is 0.316. The highest BCUT2D eigenvalue weighted by Crippen LogP contribution is 2.26. The summed E-state index contributed by atoms with van der Waals surface area (Å²) in [7, 11) is -1.51. The average molecular weight is 444 g/mol. The summed E-state index contributed by atoms with van der Waals surface area (Å²) < 4.78 is 0. The van der Waals surface area contributed by atoms with Gasteiger partial charge in [-0.25, -0.2) is 4.98 Å². The van der Waals surface area contributed by atoms with Crippen molar-refractivity contribution in [2.75, 3.05) is 0 Å². The molecule has 5 N–H and O–H groups in total. The number of phenols is 2. The van der Waals surface area contributed by atoms with Crippen LogP contribution in [0.15, 0.2) is 65.7 Å². The molecule has 2 aromatic carbocycles. The van der Waals surface area contributed by atoms with Crippen molar-refractivity contribution in [3.8, 4) is 22.1 Å². The van der Waals surface area contributed by atoms with Gasteiger partial charge in [0.2, 0.25) is 0 Å². The first-order valence-electron chi connectivity index (χ1n) is 8.76. The van der Waals surface area contributed by atoms with Gasteiger partial charge < -0.3 is 25.2 Å². The first kappa shape index (κ1) is 23.4. The van der Waals surface area contributed by atoms with Gasteiger partial charge in [-0.3, -0.25) is 4.79 Å². The van der Waals surface area contributed by atoms with Crippen molar-refractivity contribution < 1.29 is 20.3 Å². The van der Waals surface area contributed by atoms with Gasteiger partial charge >= 0.3 is 12.0 Å². The zero-order valence-electron chi connectivity index (χ0n) is 16.3. The Balaban J connectivity index is 0.000000168. The maximum absolute atomic E-state index is 10.3. The van der Waals surface area contributed by atoms with Gasteiger partial charge in [-0.15, -0.1) is 11.3 Å². The highest BCUT2D eigenvalue weighted by Gasteiger charge is 2.09. The van der Waals surface area contributed by atoms with Crippen molar-refractivity contribution in [1.82, 2.24) is 9.97 Å². The van der Waals surface area contributed by atoms with Gasteiger partial charge in [0.05, 0.1) is 0 Å². The molecule has 0 aliphatic carbocycles. The molecule has 0 saturated heterocycles. The first-order chi connectivity index (χ1) is 14.2. The summed E-state index contributed by atoms with van der Waals surface area (Å²) in [6.45, 7) is 3.91. The van der Waals surface area contributed by atoms with E-state index in [1.807, 2.05) is 32.2 Å². The molecule has 0 fully saturated rings. The van der Waals surface area contributed by atoms with Gasteiger partial charge in [0.1, 0.15) is 16.5 Å². The lowest BCUT2D eigenvalue weighted by Gasteiger charge is -1.97. The minimum atomic E-state index is -1.51. The van der Waals surface area contributed by atoms with Crippen LogP contribution in [-0.2, 0) is 0 Å². The fraction of sp³-hybridized carbons (Fsp3) is 0.100. The Hall–Kier alpha value is -2.92. The number of thiazole rings is 2. The molecule has 4 rings (SSSR count). The number of H-pyrrole nitrogens is 1. The van der Waals surface area contributed by atoms with E-state index in [4.69, 9.17) is 15.2 Å². The molecule has 0 aliphatic rings. The number of aromatic hydroxyl groups is 2. The number of aromatic nitrogens is 2. The van der Waals surface area contributed by atoms with Crippen LogP contribution < -0.4 is 10.3 Å². The molecule has 0 atom stereocenters. The van der Waals surface area contributed by atoms with Gasteiger partial charge in [-0.1, -0.05) is 35.6 Å². The standard InChI is InChI=1S/C10H9NOS.C6H7BO3.C4H5NOS/c1-7-6-11-10(13-7)8-3-2-4-9(12)5-8;8-6-3-1-2-5(4-6)7(9)10;1-3-2-5-4(6)7-3/h2-6,12H,1H3;1-4,8-10H;2H,1H3,(H,5,6). The topological polar surface area (TPSA) is 127 Å². The van der Waals surface area contributed by atoms with E-state index in [2.05, 4.69) is 9.97 Å². The molecule has 0 spiro atoms. The van der Waals surface area contributed by atoms with Crippen molar-refractivity contribution >= 4 is 35.3 Å². The second kappa shape index (κ2) is 11.3. The molecule has 0 unspecified atom stereocenters. The predicted molar refractivity (Wildman–Crippen MR) is 122 cm³/mol. The van der Waals surface area contributed by atoms with E-state index >= 15 is 0 Å². The number of nitrogens with zero attached hydrogens (tertiary/aromatic N) is 1. The highest BCUT2D eigenvalue weighted by molar-refractivity contribution is 7.14. The quantitative estimate of drug-likeness (QED) is 0.303. The molecule has 0 aliphatic heterocycles. The Kier molecular flexibility index (Phi) is 8.81. The highest BCUT2D eigenvalue weighted by atomic mass is 32.1. The molecule has 4 aromatic rings. The number of nitrogens with one attached hydrogen (secondary N) is 1. The molecule has 2 aromatic heterocycles. The lowest BCUT2D eigenvalue weighted by molar-refractivity contribution is 0.424. The molecular formula is C20H21BN2O5S2.